The first kappa shape index (κ1) is 15.4. The van der Waals surface area contributed by atoms with Gasteiger partial charge in [0.1, 0.15) is 0 Å². The van der Waals surface area contributed by atoms with Crippen LogP contribution >= 0.6 is 0 Å². The number of aromatic nitrogens is 2. The number of carboxylic acid groups (broad SMARTS) is 1. The summed E-state index contributed by atoms with van der Waals surface area (Å²) in [5.74, 6) is -0.374. The normalized spacial score (nSPS) is 10.7. The van der Waals surface area contributed by atoms with Gasteiger partial charge in [-0.1, -0.05) is 13.8 Å². The molecule has 0 aliphatic carbocycles. The standard InChI is InChI=1S/C13H21N3O3/c1-4-10(5-2)16(8-9-19-3)12-7-6-11(13(17)18)14-15-12/h6-7,10H,4-5,8-9H2,1-3H3,(H,17,18). The summed E-state index contributed by atoms with van der Waals surface area (Å²) in [6.07, 6.45) is 1.98. The maximum atomic E-state index is 10.8. The molecular weight excluding hydrogens is 246 g/mol. The molecule has 19 heavy (non-hydrogen) atoms. The molecule has 0 saturated heterocycles. The molecule has 6 nitrogen and oxygen atoms in total. The van der Waals surface area contributed by atoms with Crippen LogP contribution in [0.25, 0.3) is 0 Å². The molecule has 0 fully saturated rings. The van der Waals surface area contributed by atoms with Crippen molar-refractivity contribution >= 4 is 11.8 Å². The van der Waals surface area contributed by atoms with E-state index >= 15 is 0 Å². The van der Waals surface area contributed by atoms with Crippen molar-refractivity contribution in [3.8, 4) is 0 Å². The predicted octanol–water partition coefficient (Wildman–Crippen LogP) is 1.82. The maximum Gasteiger partial charge on any atom is 0.356 e. The first-order valence-electron chi connectivity index (χ1n) is 6.46. The van der Waals surface area contributed by atoms with Gasteiger partial charge in [-0.3, -0.25) is 0 Å². The lowest BCUT2D eigenvalue weighted by atomic mass is 10.1. The third-order valence-electron chi connectivity index (χ3n) is 3.08. The molecule has 106 valence electrons. The fourth-order valence-electron chi connectivity index (χ4n) is 2.00. The molecule has 0 aliphatic rings. The summed E-state index contributed by atoms with van der Waals surface area (Å²) in [4.78, 5) is 12.9. The number of carbonyl (C=O) groups is 1. The number of methoxy groups -OCH3 is 1. The fraction of sp³-hybridized carbons (Fsp3) is 0.615. The molecular formula is C13H21N3O3. The number of aromatic carboxylic acids is 1. The molecule has 0 aliphatic heterocycles. The summed E-state index contributed by atoms with van der Waals surface area (Å²) < 4.78 is 5.11. The Labute approximate surface area is 113 Å². The lowest BCUT2D eigenvalue weighted by molar-refractivity contribution is 0.0689. The van der Waals surface area contributed by atoms with Gasteiger partial charge in [-0.2, -0.15) is 0 Å². The first-order chi connectivity index (χ1) is 9.13. The molecule has 1 N–H and O–H groups in total. The Balaban J connectivity index is 2.92. The van der Waals surface area contributed by atoms with Crippen LogP contribution < -0.4 is 4.90 Å². The van der Waals surface area contributed by atoms with E-state index in [1.54, 1.807) is 13.2 Å². The van der Waals surface area contributed by atoms with E-state index in [0.717, 1.165) is 12.8 Å². The lowest BCUT2D eigenvalue weighted by Crippen LogP contribution is -2.37. The smallest absolute Gasteiger partial charge is 0.356 e. The number of ether oxygens (including phenoxy) is 1. The van der Waals surface area contributed by atoms with Gasteiger partial charge in [-0.15, -0.1) is 10.2 Å². The van der Waals surface area contributed by atoms with Crippen LogP contribution in [0.3, 0.4) is 0 Å². The van der Waals surface area contributed by atoms with Crippen LogP contribution in [-0.4, -0.2) is 47.6 Å². The van der Waals surface area contributed by atoms with E-state index in [1.165, 1.54) is 6.07 Å². The van der Waals surface area contributed by atoms with Crippen LogP contribution in [0.1, 0.15) is 37.2 Å². The summed E-state index contributed by atoms with van der Waals surface area (Å²) in [6, 6.07) is 3.53. The second kappa shape index (κ2) is 7.68. The van der Waals surface area contributed by atoms with E-state index in [2.05, 4.69) is 28.9 Å². The van der Waals surface area contributed by atoms with E-state index < -0.39 is 5.97 Å². The molecule has 1 aromatic rings. The molecule has 0 bridgehead atoms. The summed E-state index contributed by atoms with van der Waals surface area (Å²) in [5, 5.41) is 16.6. The Morgan fingerprint density at radius 3 is 2.47 bits per heavy atom. The molecule has 0 atom stereocenters. The maximum absolute atomic E-state index is 10.8. The average Bonchev–Trinajstić information content (AvgIpc) is 2.43. The quantitative estimate of drug-likeness (QED) is 0.774. The average molecular weight is 267 g/mol. The zero-order valence-electron chi connectivity index (χ0n) is 11.7. The first-order valence-corrected chi connectivity index (χ1v) is 6.46. The topological polar surface area (TPSA) is 75.5 Å². The van der Waals surface area contributed by atoms with Crippen LogP contribution in [0.15, 0.2) is 12.1 Å². The summed E-state index contributed by atoms with van der Waals surface area (Å²) in [5.41, 5.74) is -0.0417. The van der Waals surface area contributed by atoms with Crippen molar-refractivity contribution in [2.24, 2.45) is 0 Å². The summed E-state index contributed by atoms with van der Waals surface area (Å²) in [6.45, 7) is 5.54. The van der Waals surface area contributed by atoms with Crippen LogP contribution in [0, 0.1) is 0 Å². The van der Waals surface area contributed by atoms with Gasteiger partial charge < -0.3 is 14.7 Å². The van der Waals surface area contributed by atoms with Gasteiger partial charge in [0.2, 0.25) is 0 Å². The molecule has 0 saturated carbocycles. The minimum atomic E-state index is -1.06. The highest BCUT2D eigenvalue weighted by Crippen LogP contribution is 2.17. The Kier molecular flexibility index (Phi) is 6.21. The second-order valence-corrected chi connectivity index (χ2v) is 4.24. The Morgan fingerprint density at radius 2 is 2.05 bits per heavy atom. The van der Waals surface area contributed by atoms with Crippen LogP contribution in [0.5, 0.6) is 0 Å². The number of nitrogens with zero attached hydrogens (tertiary/aromatic N) is 3. The molecule has 0 aromatic carbocycles. The van der Waals surface area contributed by atoms with Gasteiger partial charge >= 0.3 is 5.97 Å². The van der Waals surface area contributed by atoms with Gasteiger partial charge in [-0.05, 0) is 25.0 Å². The van der Waals surface area contributed by atoms with Crippen molar-refractivity contribution in [2.75, 3.05) is 25.2 Å². The minimum absolute atomic E-state index is 0.0417. The largest absolute Gasteiger partial charge is 0.476 e. The van der Waals surface area contributed by atoms with Gasteiger partial charge in [-0.25, -0.2) is 4.79 Å². The van der Waals surface area contributed by atoms with E-state index in [9.17, 15) is 4.79 Å². The minimum Gasteiger partial charge on any atom is -0.476 e. The lowest BCUT2D eigenvalue weighted by Gasteiger charge is -2.31. The van der Waals surface area contributed by atoms with Gasteiger partial charge in [0.15, 0.2) is 11.5 Å². The number of carboxylic acids is 1. The fourth-order valence-corrected chi connectivity index (χ4v) is 2.00. The zero-order chi connectivity index (χ0) is 14.3. The van der Waals surface area contributed by atoms with Gasteiger partial charge in [0, 0.05) is 19.7 Å². The number of rotatable bonds is 8. The summed E-state index contributed by atoms with van der Waals surface area (Å²) in [7, 11) is 1.66. The molecule has 1 aromatic heterocycles. The highest BCUT2D eigenvalue weighted by atomic mass is 16.5. The molecule has 0 radical (unpaired) electrons. The zero-order valence-corrected chi connectivity index (χ0v) is 11.7. The van der Waals surface area contributed by atoms with Crippen molar-refractivity contribution in [2.45, 2.75) is 32.7 Å². The molecule has 1 heterocycles. The van der Waals surface area contributed by atoms with E-state index in [-0.39, 0.29) is 5.69 Å². The van der Waals surface area contributed by atoms with Crippen molar-refractivity contribution < 1.29 is 14.6 Å². The van der Waals surface area contributed by atoms with Crippen LogP contribution in [0.4, 0.5) is 5.82 Å². The number of hydrogen-bond donors (Lipinski definition) is 1. The van der Waals surface area contributed by atoms with Gasteiger partial charge in [0.05, 0.1) is 6.61 Å². The van der Waals surface area contributed by atoms with Crippen LogP contribution in [0.2, 0.25) is 0 Å². The highest BCUT2D eigenvalue weighted by molar-refractivity contribution is 5.85. The monoisotopic (exact) mass is 267 g/mol. The molecule has 0 spiro atoms. The summed E-state index contributed by atoms with van der Waals surface area (Å²) >= 11 is 0. The predicted molar refractivity (Wildman–Crippen MR) is 72.6 cm³/mol. The second-order valence-electron chi connectivity index (χ2n) is 4.24. The van der Waals surface area contributed by atoms with Crippen LogP contribution in [-0.2, 0) is 4.74 Å². The third kappa shape index (κ3) is 4.17. The van der Waals surface area contributed by atoms with Crippen molar-refractivity contribution in [3.05, 3.63) is 17.8 Å². The van der Waals surface area contributed by atoms with Crippen molar-refractivity contribution in [1.29, 1.82) is 0 Å². The third-order valence-corrected chi connectivity index (χ3v) is 3.08. The Hall–Kier alpha value is -1.69. The number of anilines is 1. The molecule has 0 unspecified atom stereocenters. The molecule has 1 rings (SSSR count). The molecule has 0 amide bonds. The van der Waals surface area contributed by atoms with Crippen molar-refractivity contribution in [1.82, 2.24) is 10.2 Å². The van der Waals surface area contributed by atoms with Gasteiger partial charge in [0.25, 0.3) is 0 Å². The Bertz CT molecular complexity index is 391. The highest BCUT2D eigenvalue weighted by Gasteiger charge is 2.17. The van der Waals surface area contributed by atoms with Crippen molar-refractivity contribution in [3.63, 3.8) is 0 Å². The van der Waals surface area contributed by atoms with E-state index in [0.29, 0.717) is 25.0 Å². The van der Waals surface area contributed by atoms with E-state index in [4.69, 9.17) is 9.84 Å². The molecule has 6 heteroatoms. The van der Waals surface area contributed by atoms with E-state index in [1.807, 2.05) is 0 Å². The number of hydrogen-bond acceptors (Lipinski definition) is 5. The SMILES string of the molecule is CCC(CC)N(CCOC)c1ccc(C(=O)O)nn1. The Morgan fingerprint density at radius 1 is 1.37 bits per heavy atom.